The third-order valence-corrected chi connectivity index (χ3v) is 4.96. The van der Waals surface area contributed by atoms with Crippen LogP contribution in [0.25, 0.3) is 11.1 Å². The summed E-state index contributed by atoms with van der Waals surface area (Å²) in [5.74, 6) is 0.688. The molecule has 1 heterocycles. The monoisotopic (exact) mass is 322 g/mol. The van der Waals surface area contributed by atoms with Crippen molar-refractivity contribution in [1.82, 2.24) is 0 Å². The average Bonchev–Trinajstić information content (AvgIpc) is 2.63. The SMILES string of the molecule is O=C(CC1Oc2ccccc2-c2ccccc21)OC1CCCCC1. The minimum absolute atomic E-state index is 0.0948. The molecule has 0 bridgehead atoms. The van der Waals surface area contributed by atoms with E-state index in [1.165, 1.54) is 6.42 Å². The molecule has 1 atom stereocenters. The van der Waals surface area contributed by atoms with Crippen molar-refractivity contribution in [2.24, 2.45) is 0 Å². The Labute approximate surface area is 142 Å². The summed E-state index contributed by atoms with van der Waals surface area (Å²) in [5, 5.41) is 0. The molecule has 0 radical (unpaired) electrons. The van der Waals surface area contributed by atoms with Gasteiger partial charge in [0.2, 0.25) is 0 Å². The Balaban J connectivity index is 1.53. The number of hydrogen-bond donors (Lipinski definition) is 0. The van der Waals surface area contributed by atoms with Gasteiger partial charge in [-0.1, -0.05) is 48.9 Å². The van der Waals surface area contributed by atoms with Crippen LogP contribution in [-0.2, 0) is 9.53 Å². The van der Waals surface area contributed by atoms with Crippen LogP contribution in [0.3, 0.4) is 0 Å². The Morgan fingerprint density at radius 2 is 1.67 bits per heavy atom. The Morgan fingerprint density at radius 1 is 0.958 bits per heavy atom. The minimum atomic E-state index is -0.271. The van der Waals surface area contributed by atoms with Crippen LogP contribution in [0, 0.1) is 0 Å². The van der Waals surface area contributed by atoms with Gasteiger partial charge in [0, 0.05) is 11.1 Å². The van der Waals surface area contributed by atoms with E-state index in [1.54, 1.807) is 0 Å². The Kier molecular flexibility index (Phi) is 4.24. The third-order valence-electron chi connectivity index (χ3n) is 4.96. The Hall–Kier alpha value is -2.29. The second-order valence-corrected chi connectivity index (χ2v) is 6.64. The number of carbonyl (C=O) groups excluding carboxylic acids is 1. The van der Waals surface area contributed by atoms with Crippen LogP contribution in [0.4, 0.5) is 0 Å². The topological polar surface area (TPSA) is 35.5 Å². The number of rotatable bonds is 3. The van der Waals surface area contributed by atoms with E-state index in [9.17, 15) is 4.79 Å². The van der Waals surface area contributed by atoms with Crippen molar-refractivity contribution in [3.63, 3.8) is 0 Å². The lowest BCUT2D eigenvalue weighted by Crippen LogP contribution is -2.24. The van der Waals surface area contributed by atoms with Crippen LogP contribution in [0.5, 0.6) is 5.75 Å². The van der Waals surface area contributed by atoms with Crippen LogP contribution in [0.2, 0.25) is 0 Å². The normalized spacial score (nSPS) is 19.8. The van der Waals surface area contributed by atoms with Gasteiger partial charge in [-0.25, -0.2) is 0 Å². The zero-order valence-corrected chi connectivity index (χ0v) is 13.7. The molecule has 3 heteroatoms. The second-order valence-electron chi connectivity index (χ2n) is 6.64. The number of esters is 1. The molecule has 0 aromatic heterocycles. The lowest BCUT2D eigenvalue weighted by molar-refractivity contribution is -0.152. The number of hydrogen-bond acceptors (Lipinski definition) is 3. The molecule has 0 spiro atoms. The number of fused-ring (bicyclic) bond motifs is 3. The summed E-state index contributed by atoms with van der Waals surface area (Å²) in [6.07, 6.45) is 5.66. The van der Waals surface area contributed by atoms with Crippen LogP contribution in [0.15, 0.2) is 48.5 Å². The van der Waals surface area contributed by atoms with Crippen LogP contribution >= 0.6 is 0 Å². The van der Waals surface area contributed by atoms with Gasteiger partial charge < -0.3 is 9.47 Å². The van der Waals surface area contributed by atoms with Crippen LogP contribution in [-0.4, -0.2) is 12.1 Å². The fraction of sp³-hybridized carbons (Fsp3) is 0.381. The maximum atomic E-state index is 12.4. The highest BCUT2D eigenvalue weighted by molar-refractivity contribution is 5.78. The van der Waals surface area contributed by atoms with Gasteiger partial charge in [-0.05, 0) is 37.3 Å². The molecule has 124 valence electrons. The lowest BCUT2D eigenvalue weighted by Gasteiger charge is -2.29. The molecule has 4 rings (SSSR count). The molecular weight excluding hydrogens is 300 g/mol. The van der Waals surface area contributed by atoms with E-state index in [0.29, 0.717) is 0 Å². The summed E-state index contributed by atoms with van der Waals surface area (Å²) in [6.45, 7) is 0. The first-order valence-electron chi connectivity index (χ1n) is 8.86. The lowest BCUT2D eigenvalue weighted by atomic mass is 9.91. The third kappa shape index (κ3) is 3.03. The smallest absolute Gasteiger partial charge is 0.310 e. The summed E-state index contributed by atoms with van der Waals surface area (Å²) < 4.78 is 11.8. The van der Waals surface area contributed by atoms with Gasteiger partial charge in [-0.2, -0.15) is 0 Å². The first kappa shape index (κ1) is 15.3. The number of carbonyl (C=O) groups is 1. The quantitative estimate of drug-likeness (QED) is 0.742. The highest BCUT2D eigenvalue weighted by Crippen LogP contribution is 2.43. The average molecular weight is 322 g/mol. The van der Waals surface area contributed by atoms with Crippen molar-refractivity contribution in [3.05, 3.63) is 54.1 Å². The van der Waals surface area contributed by atoms with Crippen molar-refractivity contribution < 1.29 is 14.3 Å². The maximum Gasteiger partial charge on any atom is 0.310 e. The molecule has 1 aliphatic heterocycles. The molecule has 2 aliphatic rings. The molecule has 0 amide bonds. The van der Waals surface area contributed by atoms with Gasteiger partial charge in [-0.3, -0.25) is 4.79 Å². The second kappa shape index (κ2) is 6.68. The molecule has 24 heavy (non-hydrogen) atoms. The van der Waals surface area contributed by atoms with Gasteiger partial charge in [0.15, 0.2) is 0 Å². The zero-order valence-electron chi connectivity index (χ0n) is 13.7. The predicted molar refractivity (Wildman–Crippen MR) is 92.8 cm³/mol. The van der Waals surface area contributed by atoms with Crippen molar-refractivity contribution >= 4 is 5.97 Å². The number of para-hydroxylation sites is 1. The van der Waals surface area contributed by atoms with E-state index in [1.807, 2.05) is 36.4 Å². The molecule has 0 saturated heterocycles. The molecule has 1 aliphatic carbocycles. The van der Waals surface area contributed by atoms with E-state index in [2.05, 4.69) is 12.1 Å². The zero-order chi connectivity index (χ0) is 16.4. The molecule has 2 aromatic rings. The Bertz CT molecular complexity index is 731. The highest BCUT2D eigenvalue weighted by atomic mass is 16.5. The van der Waals surface area contributed by atoms with E-state index in [4.69, 9.17) is 9.47 Å². The van der Waals surface area contributed by atoms with Crippen molar-refractivity contribution in [1.29, 1.82) is 0 Å². The maximum absolute atomic E-state index is 12.4. The summed E-state index contributed by atoms with van der Waals surface area (Å²) in [5.41, 5.74) is 3.30. The standard InChI is InChI=1S/C21H22O3/c22-21(23-15-8-2-1-3-9-15)14-20-18-12-5-4-10-16(18)17-11-6-7-13-19(17)24-20/h4-7,10-13,15,20H,1-3,8-9,14H2. The summed E-state index contributed by atoms with van der Waals surface area (Å²) >= 11 is 0. The first-order chi connectivity index (χ1) is 11.8. The van der Waals surface area contributed by atoms with E-state index < -0.39 is 0 Å². The summed E-state index contributed by atoms with van der Waals surface area (Å²) in [7, 11) is 0. The molecule has 2 aromatic carbocycles. The highest BCUT2D eigenvalue weighted by Gasteiger charge is 2.29. The van der Waals surface area contributed by atoms with E-state index >= 15 is 0 Å². The van der Waals surface area contributed by atoms with E-state index in [0.717, 1.165) is 48.1 Å². The molecule has 0 N–H and O–H groups in total. The molecule has 1 saturated carbocycles. The van der Waals surface area contributed by atoms with Gasteiger partial charge >= 0.3 is 5.97 Å². The van der Waals surface area contributed by atoms with Crippen molar-refractivity contribution in [2.75, 3.05) is 0 Å². The van der Waals surface area contributed by atoms with Crippen LogP contribution < -0.4 is 4.74 Å². The molecule has 1 unspecified atom stereocenters. The van der Waals surface area contributed by atoms with Crippen molar-refractivity contribution in [3.8, 4) is 16.9 Å². The van der Waals surface area contributed by atoms with Crippen molar-refractivity contribution in [2.45, 2.75) is 50.7 Å². The molecule has 3 nitrogen and oxygen atoms in total. The van der Waals surface area contributed by atoms with Gasteiger partial charge in [-0.15, -0.1) is 0 Å². The van der Waals surface area contributed by atoms with Crippen LogP contribution in [0.1, 0.15) is 50.2 Å². The summed E-state index contributed by atoms with van der Waals surface area (Å²) in [4.78, 5) is 12.4. The number of benzene rings is 2. The minimum Gasteiger partial charge on any atom is -0.484 e. The first-order valence-corrected chi connectivity index (χ1v) is 8.86. The van der Waals surface area contributed by atoms with Gasteiger partial charge in [0.1, 0.15) is 18.0 Å². The number of ether oxygens (including phenoxy) is 2. The largest absolute Gasteiger partial charge is 0.484 e. The fourth-order valence-electron chi connectivity index (χ4n) is 3.75. The summed E-state index contributed by atoms with van der Waals surface area (Å²) in [6, 6.07) is 16.2. The predicted octanol–water partition coefficient (Wildman–Crippen LogP) is 5.05. The van der Waals surface area contributed by atoms with E-state index in [-0.39, 0.29) is 24.6 Å². The Morgan fingerprint density at radius 3 is 2.50 bits per heavy atom. The fourth-order valence-corrected chi connectivity index (χ4v) is 3.75. The van der Waals surface area contributed by atoms with Gasteiger partial charge in [0.05, 0.1) is 6.42 Å². The molecule has 1 fully saturated rings. The molecular formula is C21H22O3. The van der Waals surface area contributed by atoms with Gasteiger partial charge in [0.25, 0.3) is 0 Å².